The molecule has 4 rings (SSSR count). The van der Waals surface area contributed by atoms with E-state index in [9.17, 15) is 24.0 Å². The van der Waals surface area contributed by atoms with Gasteiger partial charge in [0.1, 0.15) is 32.7 Å². The number of fused-ring (bicyclic) bond motifs is 1. The molecule has 39 heavy (non-hydrogen) atoms. The number of amides is 1. The van der Waals surface area contributed by atoms with E-state index in [0.717, 1.165) is 32.8 Å². The van der Waals surface area contributed by atoms with E-state index >= 15 is 0 Å². The predicted molar refractivity (Wildman–Crippen MR) is 145 cm³/mol. The maximum Gasteiger partial charge on any atom is 0.349 e. The number of anilines is 1. The number of hydrogen-bond donors (Lipinski definition) is 1. The molecule has 1 N–H and O–H groups in total. The highest BCUT2D eigenvalue weighted by Gasteiger charge is 2.27. The molecular weight excluding hydrogens is 546 g/mol. The second kappa shape index (κ2) is 11.6. The molecule has 0 spiro atoms. The lowest BCUT2D eigenvalue weighted by Gasteiger charge is -2.08. The summed E-state index contributed by atoms with van der Waals surface area (Å²) in [5, 5.41) is 2.86. The van der Waals surface area contributed by atoms with Gasteiger partial charge in [0, 0.05) is 0 Å². The van der Waals surface area contributed by atoms with E-state index in [-0.39, 0.29) is 32.3 Å². The second-order valence-electron chi connectivity index (χ2n) is 8.27. The number of nitrogens with one attached hydrogen (secondary N) is 1. The number of thiophene rings is 2. The quantitative estimate of drug-likeness (QED) is 0.248. The van der Waals surface area contributed by atoms with Crippen LogP contribution in [0.15, 0.2) is 41.5 Å². The van der Waals surface area contributed by atoms with Crippen LogP contribution in [-0.4, -0.2) is 47.6 Å². The number of hydrogen-bond acceptors (Lipinski definition) is 11. The van der Waals surface area contributed by atoms with Gasteiger partial charge in [0.05, 0.1) is 31.5 Å². The van der Waals surface area contributed by atoms with E-state index in [4.69, 9.17) is 14.2 Å². The molecule has 0 bridgehead atoms. The van der Waals surface area contributed by atoms with Crippen LogP contribution in [0.5, 0.6) is 0 Å². The molecule has 0 radical (unpaired) electrons. The first kappa shape index (κ1) is 27.7. The van der Waals surface area contributed by atoms with Gasteiger partial charge in [-0.3, -0.25) is 14.2 Å². The van der Waals surface area contributed by atoms with Gasteiger partial charge < -0.3 is 19.5 Å². The first-order chi connectivity index (χ1) is 18.7. The highest BCUT2D eigenvalue weighted by atomic mass is 32.1. The van der Waals surface area contributed by atoms with Gasteiger partial charge in [0.25, 0.3) is 5.56 Å². The van der Waals surface area contributed by atoms with Crippen molar-refractivity contribution in [3.63, 3.8) is 0 Å². The van der Waals surface area contributed by atoms with Gasteiger partial charge in [0.2, 0.25) is 5.91 Å². The molecule has 1 amide bonds. The minimum atomic E-state index is -0.741. The highest BCUT2D eigenvalue weighted by Crippen LogP contribution is 2.34. The summed E-state index contributed by atoms with van der Waals surface area (Å²) in [6.45, 7) is 2.81. The van der Waals surface area contributed by atoms with Gasteiger partial charge in [-0.25, -0.2) is 19.4 Å². The Bertz CT molecular complexity index is 1650. The fourth-order valence-corrected chi connectivity index (χ4v) is 5.98. The van der Waals surface area contributed by atoms with Crippen LogP contribution >= 0.6 is 22.7 Å². The monoisotopic (exact) mass is 569 g/mol. The van der Waals surface area contributed by atoms with Gasteiger partial charge in [-0.15, -0.1) is 22.7 Å². The summed E-state index contributed by atoms with van der Waals surface area (Å²) in [6, 6.07) is 9.20. The third-order valence-corrected chi connectivity index (χ3v) is 8.16. The molecule has 3 aromatic heterocycles. The van der Waals surface area contributed by atoms with E-state index < -0.39 is 35.9 Å². The van der Waals surface area contributed by atoms with Crippen LogP contribution in [0, 0.1) is 13.8 Å². The van der Waals surface area contributed by atoms with E-state index in [1.165, 1.54) is 27.5 Å². The Balaban J connectivity index is 1.56. The molecule has 0 aliphatic heterocycles. The first-order valence-electron chi connectivity index (χ1n) is 11.5. The Morgan fingerprint density at radius 1 is 0.923 bits per heavy atom. The average molecular weight is 570 g/mol. The van der Waals surface area contributed by atoms with Crippen molar-refractivity contribution in [2.45, 2.75) is 27.0 Å². The van der Waals surface area contributed by atoms with Crippen molar-refractivity contribution in [3.05, 3.63) is 79.0 Å². The molecule has 0 atom stereocenters. The number of nitrogens with zero attached hydrogens (tertiary/aromatic N) is 2. The lowest BCUT2D eigenvalue weighted by molar-refractivity contribution is -0.116. The molecule has 4 aromatic rings. The second-order valence-corrected chi connectivity index (χ2v) is 10.3. The first-order valence-corrected chi connectivity index (χ1v) is 13.1. The summed E-state index contributed by atoms with van der Waals surface area (Å²) in [5.41, 5.74) is 1.03. The lowest BCUT2D eigenvalue weighted by atomic mass is 10.1. The van der Waals surface area contributed by atoms with Crippen LogP contribution in [0.2, 0.25) is 0 Å². The van der Waals surface area contributed by atoms with E-state index in [0.29, 0.717) is 16.0 Å². The zero-order valence-corrected chi connectivity index (χ0v) is 23.0. The van der Waals surface area contributed by atoms with Crippen LogP contribution in [-0.2, 0) is 32.2 Å². The number of ether oxygens (including phenoxy) is 3. The molecule has 0 fully saturated rings. The van der Waals surface area contributed by atoms with Crippen molar-refractivity contribution in [1.82, 2.24) is 9.55 Å². The average Bonchev–Trinajstić information content (AvgIpc) is 3.45. The Hall–Kier alpha value is -4.36. The van der Waals surface area contributed by atoms with E-state index in [1.54, 1.807) is 6.92 Å². The van der Waals surface area contributed by atoms with Crippen molar-refractivity contribution in [2.75, 3.05) is 19.5 Å². The lowest BCUT2D eigenvalue weighted by Crippen LogP contribution is -2.28. The number of methoxy groups -OCH3 is 2. The molecule has 11 nitrogen and oxygen atoms in total. The van der Waals surface area contributed by atoms with E-state index in [2.05, 4.69) is 10.3 Å². The van der Waals surface area contributed by atoms with Gasteiger partial charge >= 0.3 is 17.9 Å². The molecular formula is C26H23N3O8S2. The number of esters is 3. The third kappa shape index (κ3) is 5.59. The standard InChI is InChI=1S/C26H23N3O8S2/c1-13-17-21(38-20(13)26(34)37-11-15-8-6-5-7-9-15)27-12-29(23(17)31)10-16(30)28-22-18(24(32)35-3)14(2)19(39-22)25(33)36-4/h5-9,12H,10-11H2,1-4H3,(H,28,30). The minimum Gasteiger partial charge on any atom is -0.465 e. The highest BCUT2D eigenvalue weighted by molar-refractivity contribution is 7.20. The summed E-state index contributed by atoms with van der Waals surface area (Å²) in [4.78, 5) is 68.2. The van der Waals surface area contributed by atoms with Crippen LogP contribution < -0.4 is 10.9 Å². The van der Waals surface area contributed by atoms with Crippen molar-refractivity contribution in [2.24, 2.45) is 0 Å². The molecule has 0 aliphatic rings. The number of carbonyl (C=O) groups is 4. The van der Waals surface area contributed by atoms with Gasteiger partial charge in [-0.05, 0) is 30.5 Å². The number of aryl methyl sites for hydroxylation is 1. The van der Waals surface area contributed by atoms with E-state index in [1.807, 2.05) is 30.3 Å². The summed E-state index contributed by atoms with van der Waals surface area (Å²) < 4.78 is 16.0. The van der Waals surface area contributed by atoms with Crippen LogP contribution in [0.1, 0.15) is 46.4 Å². The normalized spacial score (nSPS) is 10.8. The van der Waals surface area contributed by atoms with Crippen LogP contribution in [0.3, 0.4) is 0 Å². The number of carbonyl (C=O) groups excluding carboxylic acids is 4. The summed E-state index contributed by atoms with van der Waals surface area (Å²) in [5.74, 6) is -2.63. The smallest absolute Gasteiger partial charge is 0.349 e. The Morgan fingerprint density at radius 3 is 2.26 bits per heavy atom. The van der Waals surface area contributed by atoms with Gasteiger partial charge in [-0.2, -0.15) is 0 Å². The molecule has 202 valence electrons. The number of benzene rings is 1. The van der Waals surface area contributed by atoms with Crippen molar-refractivity contribution < 1.29 is 33.4 Å². The Kier molecular flexibility index (Phi) is 8.21. The zero-order chi connectivity index (χ0) is 28.3. The molecule has 0 aliphatic carbocycles. The fourth-order valence-electron chi connectivity index (χ4n) is 3.81. The molecule has 0 saturated carbocycles. The van der Waals surface area contributed by atoms with Crippen LogP contribution in [0.4, 0.5) is 5.00 Å². The number of rotatable bonds is 8. The van der Waals surface area contributed by atoms with Crippen molar-refractivity contribution in [3.8, 4) is 0 Å². The van der Waals surface area contributed by atoms with Crippen molar-refractivity contribution >= 4 is 61.7 Å². The SMILES string of the molecule is COC(=O)c1sc(NC(=O)Cn2cnc3sc(C(=O)OCc4ccccc4)c(C)c3c2=O)c(C(=O)OC)c1C. The summed E-state index contributed by atoms with van der Waals surface area (Å²) >= 11 is 1.90. The largest absolute Gasteiger partial charge is 0.465 e. The molecule has 0 unspecified atom stereocenters. The predicted octanol–water partition coefficient (Wildman–Crippen LogP) is 3.71. The van der Waals surface area contributed by atoms with Gasteiger partial charge in [0.15, 0.2) is 0 Å². The van der Waals surface area contributed by atoms with Crippen molar-refractivity contribution in [1.29, 1.82) is 0 Å². The topological polar surface area (TPSA) is 143 Å². The molecule has 1 aromatic carbocycles. The maximum atomic E-state index is 13.2. The molecule has 3 heterocycles. The maximum absolute atomic E-state index is 13.2. The summed E-state index contributed by atoms with van der Waals surface area (Å²) in [7, 11) is 2.38. The fraction of sp³-hybridized carbons (Fsp3) is 0.231. The molecule has 13 heteroatoms. The van der Waals surface area contributed by atoms with Gasteiger partial charge in [-0.1, -0.05) is 30.3 Å². The molecule has 0 saturated heterocycles. The Morgan fingerprint density at radius 2 is 1.59 bits per heavy atom. The zero-order valence-electron chi connectivity index (χ0n) is 21.4. The summed E-state index contributed by atoms with van der Waals surface area (Å²) in [6.07, 6.45) is 1.21. The minimum absolute atomic E-state index is 0.0181. The van der Waals surface area contributed by atoms with Crippen LogP contribution in [0.25, 0.3) is 10.2 Å². The number of aromatic nitrogens is 2. The Labute approximate surface area is 230 Å². The third-order valence-electron chi connectivity index (χ3n) is 5.79.